The number of carbonyl (C=O) groups is 1. The number of halogens is 1. The average Bonchev–Trinajstić information content (AvgIpc) is 2.32. The molecule has 2 N–H and O–H groups in total. The first-order valence-corrected chi connectivity index (χ1v) is 6.95. The minimum atomic E-state index is 0.115. The van der Waals surface area contributed by atoms with Gasteiger partial charge in [0.15, 0.2) is 0 Å². The Morgan fingerprint density at radius 2 is 1.94 bits per heavy atom. The average molecular weight is 300 g/mol. The third-order valence-electron chi connectivity index (χ3n) is 2.46. The molecule has 0 saturated heterocycles. The van der Waals surface area contributed by atoms with E-state index in [1.165, 1.54) is 0 Å². The van der Waals surface area contributed by atoms with Crippen molar-refractivity contribution in [2.75, 3.05) is 11.9 Å². The van der Waals surface area contributed by atoms with Gasteiger partial charge in [0.25, 0.3) is 0 Å². The van der Waals surface area contributed by atoms with Gasteiger partial charge >= 0.3 is 0 Å². The molecule has 0 unspecified atom stereocenters. The van der Waals surface area contributed by atoms with Crippen LogP contribution < -0.4 is 5.32 Å². The fraction of sp³-hybridized carbons (Fsp3) is 0.462. The zero-order valence-electron chi connectivity index (χ0n) is 9.79. The van der Waals surface area contributed by atoms with Gasteiger partial charge in [-0.15, -0.1) is 0 Å². The first-order chi connectivity index (χ1) is 8.22. The second-order valence-electron chi connectivity index (χ2n) is 3.91. The maximum Gasteiger partial charge on any atom is 0.220 e. The highest BCUT2D eigenvalue weighted by Gasteiger charge is 2.00. The van der Waals surface area contributed by atoms with Crippen LogP contribution in [0.15, 0.2) is 24.3 Å². The monoisotopic (exact) mass is 299 g/mol. The molecule has 0 aliphatic rings. The van der Waals surface area contributed by atoms with Crippen LogP contribution in [0.25, 0.3) is 0 Å². The summed E-state index contributed by atoms with van der Waals surface area (Å²) in [6.45, 7) is 0.651. The summed E-state index contributed by atoms with van der Waals surface area (Å²) in [7, 11) is 0. The molecule has 17 heavy (non-hydrogen) atoms. The van der Waals surface area contributed by atoms with E-state index in [4.69, 9.17) is 5.11 Å². The fourth-order valence-corrected chi connectivity index (χ4v) is 1.87. The number of phenols is 1. The Balaban J connectivity index is 2.14. The summed E-state index contributed by atoms with van der Waals surface area (Å²) in [5.74, 6) is 0.386. The Hall–Kier alpha value is -1.03. The number of rotatable bonds is 7. The minimum absolute atomic E-state index is 0.115. The first kappa shape index (κ1) is 14.0. The highest BCUT2D eigenvalue weighted by Crippen LogP contribution is 2.09. The van der Waals surface area contributed by atoms with Crippen LogP contribution in [0.2, 0.25) is 0 Å². The van der Waals surface area contributed by atoms with E-state index < -0.39 is 0 Å². The van der Waals surface area contributed by atoms with Crippen LogP contribution in [0.5, 0.6) is 5.75 Å². The van der Waals surface area contributed by atoms with E-state index in [1.807, 2.05) is 12.1 Å². The highest BCUT2D eigenvalue weighted by molar-refractivity contribution is 9.09. The molecule has 0 aromatic heterocycles. The Morgan fingerprint density at radius 3 is 2.59 bits per heavy atom. The van der Waals surface area contributed by atoms with Gasteiger partial charge in [-0.2, -0.15) is 0 Å². The predicted molar refractivity (Wildman–Crippen MR) is 72.5 cm³/mol. The summed E-state index contributed by atoms with van der Waals surface area (Å²) in [6, 6.07) is 7.05. The topological polar surface area (TPSA) is 49.3 Å². The summed E-state index contributed by atoms with van der Waals surface area (Å²) >= 11 is 3.34. The Kier molecular flexibility index (Phi) is 6.70. The van der Waals surface area contributed by atoms with Gasteiger partial charge < -0.3 is 10.4 Å². The summed E-state index contributed by atoms with van der Waals surface area (Å²) in [4.78, 5) is 11.4. The van der Waals surface area contributed by atoms with Gasteiger partial charge in [-0.3, -0.25) is 4.79 Å². The lowest BCUT2D eigenvalue weighted by molar-refractivity contribution is -0.121. The van der Waals surface area contributed by atoms with Crippen LogP contribution in [-0.4, -0.2) is 22.9 Å². The van der Waals surface area contributed by atoms with Crippen LogP contribution in [0.1, 0.15) is 24.8 Å². The molecule has 0 saturated carbocycles. The van der Waals surface area contributed by atoms with Crippen LogP contribution in [0.3, 0.4) is 0 Å². The molecule has 4 heteroatoms. The van der Waals surface area contributed by atoms with Crippen LogP contribution >= 0.6 is 15.9 Å². The van der Waals surface area contributed by atoms with E-state index in [0.717, 1.165) is 30.2 Å². The molecule has 0 radical (unpaired) electrons. The fourth-order valence-electron chi connectivity index (χ4n) is 1.48. The minimum Gasteiger partial charge on any atom is -0.508 e. The summed E-state index contributed by atoms with van der Waals surface area (Å²) in [6.07, 6.45) is 3.35. The lowest BCUT2D eigenvalue weighted by Crippen LogP contribution is -2.25. The molecule has 1 amide bonds. The van der Waals surface area contributed by atoms with E-state index in [-0.39, 0.29) is 11.7 Å². The van der Waals surface area contributed by atoms with Crippen molar-refractivity contribution in [3.63, 3.8) is 0 Å². The Morgan fingerprint density at radius 1 is 1.24 bits per heavy atom. The number of alkyl halides is 1. The zero-order valence-corrected chi connectivity index (χ0v) is 11.4. The van der Waals surface area contributed by atoms with Crippen molar-refractivity contribution >= 4 is 21.8 Å². The van der Waals surface area contributed by atoms with Crippen molar-refractivity contribution in [1.82, 2.24) is 5.32 Å². The van der Waals surface area contributed by atoms with E-state index in [9.17, 15) is 4.79 Å². The highest BCUT2D eigenvalue weighted by atomic mass is 79.9. The van der Waals surface area contributed by atoms with E-state index in [2.05, 4.69) is 21.2 Å². The van der Waals surface area contributed by atoms with Gasteiger partial charge in [0, 0.05) is 18.3 Å². The third-order valence-corrected chi connectivity index (χ3v) is 3.02. The van der Waals surface area contributed by atoms with Gasteiger partial charge in [0.2, 0.25) is 5.91 Å². The SMILES string of the molecule is O=C(CCCCBr)NCCc1ccc(O)cc1. The van der Waals surface area contributed by atoms with Gasteiger partial charge in [-0.1, -0.05) is 28.1 Å². The first-order valence-electron chi connectivity index (χ1n) is 5.83. The van der Waals surface area contributed by atoms with Crippen LogP contribution in [-0.2, 0) is 11.2 Å². The second-order valence-corrected chi connectivity index (χ2v) is 4.71. The molecule has 0 heterocycles. The van der Waals surface area contributed by atoms with Crippen LogP contribution in [0, 0.1) is 0 Å². The summed E-state index contributed by atoms with van der Waals surface area (Å²) in [5.41, 5.74) is 1.11. The van der Waals surface area contributed by atoms with Gasteiger partial charge in [0.05, 0.1) is 0 Å². The largest absolute Gasteiger partial charge is 0.508 e. The quantitative estimate of drug-likeness (QED) is 0.601. The number of hydrogen-bond donors (Lipinski definition) is 2. The van der Waals surface area contributed by atoms with Crippen molar-refractivity contribution < 1.29 is 9.90 Å². The smallest absolute Gasteiger partial charge is 0.220 e. The maximum atomic E-state index is 11.4. The molecular weight excluding hydrogens is 282 g/mol. The predicted octanol–water partition coefficient (Wildman–Crippen LogP) is 2.62. The van der Waals surface area contributed by atoms with E-state index >= 15 is 0 Å². The number of hydrogen-bond acceptors (Lipinski definition) is 2. The third kappa shape index (κ3) is 6.31. The summed E-state index contributed by atoms with van der Waals surface area (Å²) in [5, 5.41) is 13.0. The maximum absolute atomic E-state index is 11.4. The second kappa shape index (κ2) is 8.12. The molecule has 0 atom stereocenters. The van der Waals surface area contributed by atoms with E-state index in [0.29, 0.717) is 13.0 Å². The number of benzene rings is 1. The lowest BCUT2D eigenvalue weighted by Gasteiger charge is -2.05. The number of aromatic hydroxyl groups is 1. The van der Waals surface area contributed by atoms with Crippen LogP contribution in [0.4, 0.5) is 0 Å². The van der Waals surface area contributed by atoms with Crippen molar-refractivity contribution in [1.29, 1.82) is 0 Å². The van der Waals surface area contributed by atoms with Crippen molar-refractivity contribution in [3.05, 3.63) is 29.8 Å². The standard InChI is InChI=1S/C13H18BrNO2/c14-9-2-1-3-13(17)15-10-8-11-4-6-12(16)7-5-11/h4-7,16H,1-3,8-10H2,(H,15,17). The van der Waals surface area contributed by atoms with Gasteiger partial charge in [-0.05, 0) is 37.0 Å². The Labute approximate surface area is 110 Å². The molecular formula is C13H18BrNO2. The van der Waals surface area contributed by atoms with E-state index in [1.54, 1.807) is 12.1 Å². The number of unbranched alkanes of at least 4 members (excludes halogenated alkanes) is 1. The summed E-state index contributed by atoms with van der Waals surface area (Å²) < 4.78 is 0. The molecule has 0 fully saturated rings. The van der Waals surface area contributed by atoms with Gasteiger partial charge in [0.1, 0.15) is 5.75 Å². The van der Waals surface area contributed by atoms with Crippen molar-refractivity contribution in [2.45, 2.75) is 25.7 Å². The number of carbonyl (C=O) groups excluding carboxylic acids is 1. The molecule has 1 rings (SSSR count). The lowest BCUT2D eigenvalue weighted by atomic mass is 10.1. The molecule has 1 aromatic rings. The molecule has 0 bridgehead atoms. The molecule has 0 spiro atoms. The number of amides is 1. The molecule has 1 aromatic carbocycles. The molecule has 94 valence electrons. The molecule has 3 nitrogen and oxygen atoms in total. The van der Waals surface area contributed by atoms with Crippen molar-refractivity contribution in [3.8, 4) is 5.75 Å². The Bertz CT molecular complexity index is 338. The van der Waals surface area contributed by atoms with Gasteiger partial charge in [-0.25, -0.2) is 0 Å². The number of phenolic OH excluding ortho intramolecular Hbond substituents is 1. The molecule has 0 aliphatic heterocycles. The molecule has 0 aliphatic carbocycles. The zero-order chi connectivity index (χ0) is 12.5. The normalized spacial score (nSPS) is 10.2. The van der Waals surface area contributed by atoms with Crippen molar-refractivity contribution in [2.24, 2.45) is 0 Å². The number of nitrogens with one attached hydrogen (secondary N) is 1.